The average molecular weight is 438 g/mol. The molecular formula is C21H19ClF3N3O2. The van der Waals surface area contributed by atoms with Gasteiger partial charge in [-0.3, -0.25) is 4.79 Å². The van der Waals surface area contributed by atoms with E-state index in [1.54, 1.807) is 31.2 Å². The van der Waals surface area contributed by atoms with Crippen molar-refractivity contribution in [1.29, 1.82) is 0 Å². The first-order valence-corrected chi connectivity index (χ1v) is 9.53. The predicted molar refractivity (Wildman–Crippen MR) is 107 cm³/mol. The van der Waals surface area contributed by atoms with Crippen molar-refractivity contribution in [1.82, 2.24) is 15.1 Å². The van der Waals surface area contributed by atoms with Gasteiger partial charge in [0.1, 0.15) is 5.75 Å². The first kappa shape index (κ1) is 21.7. The number of amides is 1. The zero-order chi connectivity index (χ0) is 21.9. The van der Waals surface area contributed by atoms with Crippen LogP contribution >= 0.6 is 11.6 Å². The van der Waals surface area contributed by atoms with Gasteiger partial charge < -0.3 is 10.1 Å². The van der Waals surface area contributed by atoms with Crippen LogP contribution in [-0.2, 0) is 6.18 Å². The minimum Gasteiger partial charge on any atom is -0.494 e. The third-order valence-corrected chi connectivity index (χ3v) is 4.64. The topological polar surface area (TPSA) is 56.1 Å². The molecule has 1 N–H and O–H groups in total. The number of hydrogen-bond donors (Lipinski definition) is 1. The Hall–Kier alpha value is -3.00. The van der Waals surface area contributed by atoms with Crippen molar-refractivity contribution >= 4 is 17.5 Å². The van der Waals surface area contributed by atoms with Gasteiger partial charge in [0.15, 0.2) is 5.69 Å². The summed E-state index contributed by atoms with van der Waals surface area (Å²) in [6.45, 7) is 4.06. The number of halogens is 4. The van der Waals surface area contributed by atoms with Crippen molar-refractivity contribution in [2.24, 2.45) is 0 Å². The Kier molecular flexibility index (Phi) is 6.36. The van der Waals surface area contributed by atoms with E-state index in [2.05, 4.69) is 10.4 Å². The minimum atomic E-state index is -4.79. The number of alkyl halides is 3. The Balaban J connectivity index is 1.87. The molecule has 3 rings (SSSR count). The highest BCUT2D eigenvalue weighted by Crippen LogP contribution is 2.34. The molecule has 0 saturated carbocycles. The second-order valence-corrected chi connectivity index (χ2v) is 6.93. The Morgan fingerprint density at radius 2 is 1.80 bits per heavy atom. The van der Waals surface area contributed by atoms with E-state index in [-0.39, 0.29) is 5.69 Å². The fraction of sp³-hybridized carbons (Fsp3) is 0.238. The smallest absolute Gasteiger partial charge is 0.434 e. The summed E-state index contributed by atoms with van der Waals surface area (Å²) in [7, 11) is 0. The van der Waals surface area contributed by atoms with Crippen molar-refractivity contribution in [2.45, 2.75) is 26.1 Å². The van der Waals surface area contributed by atoms with Crippen LogP contribution < -0.4 is 10.1 Å². The monoisotopic (exact) mass is 437 g/mol. The molecule has 30 heavy (non-hydrogen) atoms. The lowest BCUT2D eigenvalue weighted by Gasteiger charge is -2.16. The van der Waals surface area contributed by atoms with E-state index >= 15 is 0 Å². The van der Waals surface area contributed by atoms with Gasteiger partial charge in [-0.25, -0.2) is 4.68 Å². The van der Waals surface area contributed by atoms with Gasteiger partial charge in [0, 0.05) is 5.02 Å². The standard InChI is InChI=1S/C21H19ClF3N3O2/c1-3-30-17-10-4-14(5-11-17)13(2)27-20(29)18-12-26-28(19(18)21(23,24)25)16-8-6-15(22)7-9-16/h4-13H,3H2,1-2H3,(H,27,29). The molecule has 158 valence electrons. The summed E-state index contributed by atoms with van der Waals surface area (Å²) in [6.07, 6.45) is -3.87. The molecule has 0 saturated heterocycles. The highest BCUT2D eigenvalue weighted by atomic mass is 35.5. The number of aromatic nitrogens is 2. The molecule has 0 bridgehead atoms. The molecule has 0 aliphatic carbocycles. The van der Waals surface area contributed by atoms with Crippen LogP contribution in [0.2, 0.25) is 5.02 Å². The number of carbonyl (C=O) groups excluding carboxylic acids is 1. The highest BCUT2D eigenvalue weighted by Gasteiger charge is 2.40. The maximum Gasteiger partial charge on any atom is 0.434 e. The zero-order valence-corrected chi connectivity index (χ0v) is 17.0. The molecule has 1 amide bonds. The molecule has 0 aliphatic heterocycles. The Morgan fingerprint density at radius 1 is 1.17 bits per heavy atom. The first-order valence-electron chi connectivity index (χ1n) is 9.15. The van der Waals surface area contributed by atoms with Crippen LogP contribution in [0.3, 0.4) is 0 Å². The molecule has 0 aliphatic rings. The van der Waals surface area contributed by atoms with Crippen LogP contribution in [0.5, 0.6) is 5.75 Å². The molecule has 9 heteroatoms. The minimum absolute atomic E-state index is 0.144. The van der Waals surface area contributed by atoms with E-state index in [1.807, 2.05) is 6.92 Å². The van der Waals surface area contributed by atoms with Crippen LogP contribution in [0.4, 0.5) is 13.2 Å². The highest BCUT2D eigenvalue weighted by molar-refractivity contribution is 6.30. The van der Waals surface area contributed by atoms with Crippen molar-refractivity contribution < 1.29 is 22.7 Å². The zero-order valence-electron chi connectivity index (χ0n) is 16.2. The van der Waals surface area contributed by atoms with Gasteiger partial charge in [0.05, 0.1) is 30.1 Å². The predicted octanol–water partition coefficient (Wildman–Crippen LogP) is 5.43. The van der Waals surface area contributed by atoms with Gasteiger partial charge in [0.25, 0.3) is 5.91 Å². The summed E-state index contributed by atoms with van der Waals surface area (Å²) in [4.78, 5) is 12.7. The molecule has 1 aromatic heterocycles. The maximum absolute atomic E-state index is 13.8. The largest absolute Gasteiger partial charge is 0.494 e. The first-order chi connectivity index (χ1) is 14.2. The van der Waals surface area contributed by atoms with E-state index in [4.69, 9.17) is 16.3 Å². The molecule has 0 fully saturated rings. The molecule has 0 spiro atoms. The van der Waals surface area contributed by atoms with Gasteiger partial charge in [-0.1, -0.05) is 23.7 Å². The molecular weight excluding hydrogens is 419 g/mol. The molecule has 1 unspecified atom stereocenters. The van der Waals surface area contributed by atoms with Crippen LogP contribution in [0, 0.1) is 0 Å². The van der Waals surface area contributed by atoms with E-state index in [1.165, 1.54) is 24.3 Å². The average Bonchev–Trinajstić information content (AvgIpc) is 3.15. The summed E-state index contributed by atoms with van der Waals surface area (Å²) < 4.78 is 47.3. The van der Waals surface area contributed by atoms with E-state index < -0.39 is 29.4 Å². The number of rotatable bonds is 6. The lowest BCUT2D eigenvalue weighted by Crippen LogP contribution is -2.29. The van der Waals surface area contributed by atoms with E-state index in [0.717, 1.165) is 11.8 Å². The number of hydrogen-bond acceptors (Lipinski definition) is 3. The van der Waals surface area contributed by atoms with Gasteiger partial charge in [0.2, 0.25) is 0 Å². The van der Waals surface area contributed by atoms with Gasteiger partial charge in [-0.15, -0.1) is 0 Å². The fourth-order valence-corrected chi connectivity index (χ4v) is 3.07. The number of carbonyl (C=O) groups is 1. The third-order valence-electron chi connectivity index (χ3n) is 4.39. The van der Waals surface area contributed by atoms with Gasteiger partial charge in [-0.05, 0) is 55.8 Å². The van der Waals surface area contributed by atoms with Gasteiger partial charge >= 0.3 is 6.18 Å². The third kappa shape index (κ3) is 4.76. The van der Waals surface area contributed by atoms with Crippen molar-refractivity contribution in [3.63, 3.8) is 0 Å². The summed E-state index contributed by atoms with van der Waals surface area (Å²) in [5, 5.41) is 6.76. The number of nitrogens with zero attached hydrogens (tertiary/aromatic N) is 2. The Morgan fingerprint density at radius 3 is 2.37 bits per heavy atom. The Bertz CT molecular complexity index is 1020. The quantitative estimate of drug-likeness (QED) is 0.559. The lowest BCUT2D eigenvalue weighted by molar-refractivity contribution is -0.143. The lowest BCUT2D eigenvalue weighted by atomic mass is 10.1. The SMILES string of the molecule is CCOc1ccc(C(C)NC(=O)c2cnn(-c3ccc(Cl)cc3)c2C(F)(F)F)cc1. The van der Waals surface area contributed by atoms with Crippen LogP contribution in [-0.4, -0.2) is 22.3 Å². The number of nitrogens with one attached hydrogen (secondary N) is 1. The molecule has 3 aromatic rings. The number of benzene rings is 2. The molecule has 2 aromatic carbocycles. The summed E-state index contributed by atoms with van der Waals surface area (Å²) in [5.41, 5.74) is -0.841. The second-order valence-electron chi connectivity index (χ2n) is 6.49. The van der Waals surface area contributed by atoms with Gasteiger partial charge in [-0.2, -0.15) is 18.3 Å². The van der Waals surface area contributed by atoms with E-state index in [0.29, 0.717) is 22.1 Å². The second kappa shape index (κ2) is 8.79. The normalized spacial score (nSPS) is 12.5. The Labute approximate surface area is 176 Å². The van der Waals surface area contributed by atoms with Crippen molar-refractivity contribution in [3.8, 4) is 11.4 Å². The summed E-state index contributed by atoms with van der Waals surface area (Å²) in [5.74, 6) is -0.202. The summed E-state index contributed by atoms with van der Waals surface area (Å²) >= 11 is 5.80. The molecule has 5 nitrogen and oxygen atoms in total. The number of ether oxygens (including phenoxy) is 1. The summed E-state index contributed by atoms with van der Waals surface area (Å²) in [6, 6.07) is 12.1. The van der Waals surface area contributed by atoms with Crippen molar-refractivity contribution in [3.05, 3.63) is 76.6 Å². The fourth-order valence-electron chi connectivity index (χ4n) is 2.94. The molecule has 0 radical (unpaired) electrons. The van der Waals surface area contributed by atoms with Crippen LogP contribution in [0.15, 0.2) is 54.7 Å². The molecule has 1 heterocycles. The van der Waals surface area contributed by atoms with Crippen LogP contribution in [0.25, 0.3) is 5.69 Å². The molecule has 1 atom stereocenters. The van der Waals surface area contributed by atoms with E-state index in [9.17, 15) is 18.0 Å². The van der Waals surface area contributed by atoms with Crippen LogP contribution in [0.1, 0.15) is 41.5 Å². The maximum atomic E-state index is 13.8. The van der Waals surface area contributed by atoms with Crippen molar-refractivity contribution in [2.75, 3.05) is 6.61 Å².